The zero-order valence-electron chi connectivity index (χ0n) is 12.2. The first-order valence-corrected chi connectivity index (χ1v) is 7.11. The van der Waals surface area contributed by atoms with Crippen LogP contribution in [0.15, 0.2) is 30.6 Å². The number of ether oxygens (including phenoxy) is 1. The summed E-state index contributed by atoms with van der Waals surface area (Å²) in [6, 6.07) is 6.94. The summed E-state index contributed by atoms with van der Waals surface area (Å²) in [6.45, 7) is 4.10. The molecule has 112 valence electrons. The molecule has 21 heavy (non-hydrogen) atoms. The number of halogens is 1. The monoisotopic (exact) mass is 290 g/mol. The molecule has 0 amide bonds. The highest BCUT2D eigenvalue weighted by Crippen LogP contribution is 2.28. The van der Waals surface area contributed by atoms with Gasteiger partial charge in [-0.15, -0.1) is 10.2 Å². The number of hydrogen-bond donors (Lipinski definition) is 0. The van der Waals surface area contributed by atoms with Gasteiger partial charge in [0.05, 0.1) is 6.61 Å². The largest absolute Gasteiger partial charge is 0.368 e. The van der Waals surface area contributed by atoms with Crippen LogP contribution in [-0.2, 0) is 11.8 Å². The second-order valence-corrected chi connectivity index (χ2v) is 5.35. The molecule has 0 spiro atoms. The van der Waals surface area contributed by atoms with Crippen LogP contribution in [0.25, 0.3) is 0 Å². The van der Waals surface area contributed by atoms with Gasteiger partial charge >= 0.3 is 0 Å². The highest BCUT2D eigenvalue weighted by molar-refractivity contribution is 5.21. The Kier molecular flexibility index (Phi) is 3.98. The molecular weight excluding hydrogens is 271 g/mol. The molecule has 6 heteroatoms. The first-order chi connectivity index (χ1) is 10.2. The summed E-state index contributed by atoms with van der Waals surface area (Å²) in [5, 5.41) is 8.00. The second kappa shape index (κ2) is 5.91. The minimum absolute atomic E-state index is 0.00540. The second-order valence-electron chi connectivity index (χ2n) is 5.35. The van der Waals surface area contributed by atoms with Crippen LogP contribution in [0, 0.1) is 5.82 Å². The number of aryl methyl sites for hydroxylation is 1. The van der Waals surface area contributed by atoms with Crippen LogP contribution >= 0.6 is 0 Å². The van der Waals surface area contributed by atoms with Gasteiger partial charge in [-0.3, -0.25) is 4.90 Å². The van der Waals surface area contributed by atoms with Crippen molar-refractivity contribution in [1.82, 2.24) is 19.7 Å². The molecule has 0 bridgehead atoms. The van der Waals surface area contributed by atoms with Gasteiger partial charge in [0, 0.05) is 31.7 Å². The van der Waals surface area contributed by atoms with Crippen LogP contribution in [0.1, 0.15) is 30.5 Å². The van der Waals surface area contributed by atoms with Crippen molar-refractivity contribution in [2.45, 2.75) is 19.1 Å². The zero-order chi connectivity index (χ0) is 14.8. The van der Waals surface area contributed by atoms with E-state index in [-0.39, 0.29) is 18.0 Å². The van der Waals surface area contributed by atoms with Crippen LogP contribution < -0.4 is 0 Å². The van der Waals surface area contributed by atoms with Crippen LogP contribution in [0.3, 0.4) is 0 Å². The van der Waals surface area contributed by atoms with Crippen molar-refractivity contribution in [3.05, 3.63) is 47.8 Å². The summed E-state index contributed by atoms with van der Waals surface area (Å²) in [4.78, 5) is 2.22. The van der Waals surface area contributed by atoms with Gasteiger partial charge in [-0.25, -0.2) is 4.39 Å². The lowest BCUT2D eigenvalue weighted by atomic mass is 10.0. The number of aromatic nitrogens is 3. The summed E-state index contributed by atoms with van der Waals surface area (Å²) >= 11 is 0. The Labute approximate surface area is 123 Å². The van der Waals surface area contributed by atoms with Crippen molar-refractivity contribution in [2.75, 3.05) is 19.7 Å². The fourth-order valence-electron chi connectivity index (χ4n) is 2.77. The van der Waals surface area contributed by atoms with Gasteiger partial charge < -0.3 is 9.30 Å². The van der Waals surface area contributed by atoms with Crippen LogP contribution in [0.5, 0.6) is 0 Å². The van der Waals surface area contributed by atoms with Gasteiger partial charge in [0.25, 0.3) is 0 Å². The van der Waals surface area contributed by atoms with Crippen molar-refractivity contribution in [2.24, 2.45) is 7.05 Å². The highest BCUT2D eigenvalue weighted by atomic mass is 19.1. The van der Waals surface area contributed by atoms with Crippen molar-refractivity contribution in [3.8, 4) is 0 Å². The summed E-state index contributed by atoms with van der Waals surface area (Å²) in [5.74, 6) is 0.645. The number of morpholine rings is 1. The summed E-state index contributed by atoms with van der Waals surface area (Å²) in [7, 11) is 1.90. The normalized spacial score (nSPS) is 21.4. The van der Waals surface area contributed by atoms with Crippen LogP contribution in [0.2, 0.25) is 0 Å². The Morgan fingerprint density at radius 1 is 1.38 bits per heavy atom. The molecule has 5 nitrogen and oxygen atoms in total. The number of nitrogens with zero attached hydrogens (tertiary/aromatic N) is 4. The molecule has 1 fully saturated rings. The van der Waals surface area contributed by atoms with E-state index < -0.39 is 0 Å². The molecule has 2 atom stereocenters. The van der Waals surface area contributed by atoms with E-state index in [2.05, 4.69) is 15.1 Å². The third kappa shape index (κ3) is 2.82. The van der Waals surface area contributed by atoms with E-state index in [1.54, 1.807) is 12.4 Å². The third-order valence-corrected chi connectivity index (χ3v) is 4.04. The summed E-state index contributed by atoms with van der Waals surface area (Å²) < 4.78 is 21.6. The highest BCUT2D eigenvalue weighted by Gasteiger charge is 2.29. The van der Waals surface area contributed by atoms with Crippen LogP contribution in [0.4, 0.5) is 4.39 Å². The maximum Gasteiger partial charge on any atom is 0.163 e. The third-order valence-electron chi connectivity index (χ3n) is 4.04. The number of hydrogen-bond acceptors (Lipinski definition) is 4. The van der Waals surface area contributed by atoms with Gasteiger partial charge in [-0.2, -0.15) is 0 Å². The Morgan fingerprint density at radius 3 is 2.90 bits per heavy atom. The average molecular weight is 290 g/mol. The average Bonchev–Trinajstić information content (AvgIpc) is 2.93. The van der Waals surface area contributed by atoms with Gasteiger partial charge in [0.1, 0.15) is 18.2 Å². The predicted molar refractivity (Wildman–Crippen MR) is 76.1 cm³/mol. The van der Waals surface area contributed by atoms with Gasteiger partial charge in [0.15, 0.2) is 5.82 Å². The maximum absolute atomic E-state index is 13.9. The van der Waals surface area contributed by atoms with E-state index in [4.69, 9.17) is 4.74 Å². The van der Waals surface area contributed by atoms with E-state index in [0.29, 0.717) is 13.2 Å². The molecule has 3 rings (SSSR count). The number of benzene rings is 1. The molecule has 0 unspecified atom stereocenters. The van der Waals surface area contributed by atoms with Crippen molar-refractivity contribution in [1.29, 1.82) is 0 Å². The molecular formula is C15H19FN4O. The first kappa shape index (κ1) is 14.2. The summed E-state index contributed by atoms with van der Waals surface area (Å²) in [6.07, 6.45) is 1.54. The Balaban J connectivity index is 1.77. The molecule has 0 saturated carbocycles. The van der Waals surface area contributed by atoms with Gasteiger partial charge in [0.2, 0.25) is 0 Å². The minimum atomic E-state index is -0.160. The molecule has 1 aliphatic rings. The molecule has 1 aromatic heterocycles. The molecule has 2 aromatic rings. The van der Waals surface area contributed by atoms with E-state index in [0.717, 1.165) is 17.9 Å². The molecule has 1 aliphatic heterocycles. The lowest BCUT2D eigenvalue weighted by Gasteiger charge is -2.36. The van der Waals surface area contributed by atoms with Crippen LogP contribution in [-0.4, -0.2) is 39.4 Å². The lowest BCUT2D eigenvalue weighted by Crippen LogP contribution is -2.40. The smallest absolute Gasteiger partial charge is 0.163 e. The fraction of sp³-hybridized carbons (Fsp3) is 0.467. The van der Waals surface area contributed by atoms with Gasteiger partial charge in [-0.1, -0.05) is 18.2 Å². The van der Waals surface area contributed by atoms with E-state index in [1.165, 1.54) is 6.07 Å². The Bertz CT molecular complexity index is 615. The SMILES string of the molecule is C[C@@H](c1ccccc1F)N1CCO[C@H](c2nncn2C)C1. The molecule has 1 saturated heterocycles. The maximum atomic E-state index is 13.9. The molecule has 1 aromatic carbocycles. The van der Waals surface area contributed by atoms with Gasteiger partial charge in [-0.05, 0) is 13.0 Å². The van der Waals surface area contributed by atoms with E-state index in [9.17, 15) is 4.39 Å². The Hall–Kier alpha value is -1.79. The number of rotatable bonds is 3. The predicted octanol–water partition coefficient (Wildman–Crippen LogP) is 2.09. The topological polar surface area (TPSA) is 43.2 Å². The van der Waals surface area contributed by atoms with E-state index >= 15 is 0 Å². The molecule has 0 aliphatic carbocycles. The fourth-order valence-corrected chi connectivity index (χ4v) is 2.77. The lowest BCUT2D eigenvalue weighted by molar-refractivity contribution is -0.0487. The van der Waals surface area contributed by atoms with Crippen molar-refractivity contribution < 1.29 is 9.13 Å². The summed E-state index contributed by atoms with van der Waals surface area (Å²) in [5.41, 5.74) is 0.719. The minimum Gasteiger partial charge on any atom is -0.368 e. The molecule has 0 N–H and O–H groups in total. The molecule has 0 radical (unpaired) electrons. The van der Waals surface area contributed by atoms with Crippen molar-refractivity contribution >= 4 is 0 Å². The Morgan fingerprint density at radius 2 is 2.19 bits per heavy atom. The molecule has 2 heterocycles. The van der Waals surface area contributed by atoms with Crippen molar-refractivity contribution in [3.63, 3.8) is 0 Å². The standard InChI is InChI=1S/C15H19FN4O/c1-11(12-5-3-4-6-13(12)16)20-7-8-21-14(9-20)15-18-17-10-19(15)2/h3-6,10-11,14H,7-9H2,1-2H3/t11-,14-/m0/s1. The zero-order valence-corrected chi connectivity index (χ0v) is 12.2. The first-order valence-electron chi connectivity index (χ1n) is 7.11. The van der Waals surface area contributed by atoms with E-state index in [1.807, 2.05) is 30.7 Å². The quantitative estimate of drug-likeness (QED) is 0.868.